The molecule has 0 N–H and O–H groups in total. The Morgan fingerprint density at radius 3 is 1.56 bits per heavy atom. The normalized spacial score (nSPS) is 12.0. The molecule has 0 saturated heterocycles. The summed E-state index contributed by atoms with van der Waals surface area (Å²) in [5.41, 5.74) is 10.7. The molecule has 0 saturated carbocycles. The number of hydrogen-bond donors (Lipinski definition) is 0. The van der Waals surface area contributed by atoms with Crippen molar-refractivity contribution in [2.24, 2.45) is 0 Å². The van der Waals surface area contributed by atoms with Crippen molar-refractivity contribution in [3.63, 3.8) is 0 Å². The predicted molar refractivity (Wildman–Crippen MR) is 210 cm³/mol. The van der Waals surface area contributed by atoms with Crippen LogP contribution in [0.5, 0.6) is 0 Å². The lowest BCUT2D eigenvalue weighted by Gasteiger charge is -2.18. The molecule has 0 aliphatic carbocycles. The molecule has 0 radical (unpaired) electrons. The van der Waals surface area contributed by atoms with Crippen LogP contribution in [0.1, 0.15) is 0 Å². The van der Waals surface area contributed by atoms with Gasteiger partial charge in [-0.15, -0.1) is 0 Å². The zero-order chi connectivity index (χ0) is 32.8. The van der Waals surface area contributed by atoms with Crippen LogP contribution in [0.2, 0.25) is 0 Å². The molecule has 0 bridgehead atoms. The number of para-hydroxylation sites is 1. The summed E-state index contributed by atoms with van der Waals surface area (Å²) in [6.45, 7) is 0. The number of benzene rings is 9. The maximum atomic E-state index is 6.41. The van der Waals surface area contributed by atoms with Crippen molar-refractivity contribution < 1.29 is 8.83 Å². The van der Waals surface area contributed by atoms with Crippen LogP contribution in [0.25, 0.3) is 110 Å². The van der Waals surface area contributed by atoms with Crippen molar-refractivity contribution in [1.82, 2.24) is 0 Å². The summed E-state index contributed by atoms with van der Waals surface area (Å²) in [4.78, 5) is 0. The summed E-state index contributed by atoms with van der Waals surface area (Å²) in [5, 5.41) is 11.8. The molecule has 0 atom stereocenters. The second-order valence-corrected chi connectivity index (χ2v) is 13.2. The minimum atomic E-state index is 0.838. The number of rotatable bonds is 3. The summed E-state index contributed by atoms with van der Waals surface area (Å²) in [6, 6.07) is 61.0. The molecular weight excluding hydrogens is 609 g/mol. The highest BCUT2D eigenvalue weighted by atomic mass is 16.3. The smallest absolute Gasteiger partial charge is 0.147 e. The standard InChI is InChI=1S/C48H28O2/c1-2-10-32-27-34(22-19-29(32)9-1)46-38-14-5-3-12-36(38)45(37-13-4-6-15-39(37)46)31-20-17-30(18-21-31)33-23-25-43-41(28-33)47-44(49-43)26-24-40-35-11-7-8-16-42(35)50-48(40)47/h1-28H. The first-order valence-electron chi connectivity index (χ1n) is 17.1. The second kappa shape index (κ2) is 10.4. The van der Waals surface area contributed by atoms with Crippen LogP contribution < -0.4 is 0 Å². The van der Waals surface area contributed by atoms with Crippen LogP contribution in [-0.2, 0) is 0 Å². The van der Waals surface area contributed by atoms with Crippen LogP contribution in [-0.4, -0.2) is 0 Å². The van der Waals surface area contributed by atoms with Gasteiger partial charge in [-0.1, -0.05) is 133 Å². The molecule has 50 heavy (non-hydrogen) atoms. The summed E-state index contributed by atoms with van der Waals surface area (Å²) in [6.07, 6.45) is 0. The summed E-state index contributed by atoms with van der Waals surface area (Å²) < 4.78 is 12.7. The molecule has 0 aliphatic rings. The molecule has 2 heteroatoms. The Balaban J connectivity index is 1.07. The second-order valence-electron chi connectivity index (χ2n) is 13.2. The molecule has 9 aromatic carbocycles. The fourth-order valence-corrected chi connectivity index (χ4v) is 8.15. The highest BCUT2D eigenvalue weighted by Gasteiger charge is 2.19. The first-order chi connectivity index (χ1) is 24.8. The van der Waals surface area contributed by atoms with Crippen LogP contribution >= 0.6 is 0 Å². The van der Waals surface area contributed by atoms with Gasteiger partial charge in [-0.2, -0.15) is 0 Å². The Bertz CT molecular complexity index is 3080. The van der Waals surface area contributed by atoms with E-state index in [4.69, 9.17) is 8.83 Å². The SMILES string of the molecule is c1ccc2cc(-c3c4ccccc4c(-c4ccc(-c5ccc6oc7ccc8c9ccccc9oc8c7c6c5)cc4)c4ccccc34)ccc2c1. The van der Waals surface area contributed by atoms with Crippen molar-refractivity contribution in [2.75, 3.05) is 0 Å². The molecule has 11 aromatic rings. The fraction of sp³-hybridized carbons (Fsp3) is 0. The van der Waals surface area contributed by atoms with Gasteiger partial charge in [0.05, 0.1) is 5.39 Å². The maximum Gasteiger partial charge on any atom is 0.147 e. The minimum Gasteiger partial charge on any atom is -0.456 e. The van der Waals surface area contributed by atoms with E-state index in [2.05, 4.69) is 158 Å². The molecule has 232 valence electrons. The third kappa shape index (κ3) is 3.96. The monoisotopic (exact) mass is 636 g/mol. The molecular formula is C48H28O2. The minimum absolute atomic E-state index is 0.838. The lowest BCUT2D eigenvalue weighted by atomic mass is 9.85. The van der Waals surface area contributed by atoms with Gasteiger partial charge in [-0.05, 0) is 102 Å². The van der Waals surface area contributed by atoms with Gasteiger partial charge in [0.2, 0.25) is 0 Å². The van der Waals surface area contributed by atoms with E-state index in [1.807, 2.05) is 12.1 Å². The van der Waals surface area contributed by atoms with Gasteiger partial charge in [0, 0.05) is 16.2 Å². The molecule has 0 spiro atoms. The number of fused-ring (bicyclic) bond motifs is 10. The van der Waals surface area contributed by atoms with Gasteiger partial charge in [0.25, 0.3) is 0 Å². The molecule has 2 aromatic heterocycles. The van der Waals surface area contributed by atoms with Gasteiger partial charge in [0.15, 0.2) is 0 Å². The van der Waals surface area contributed by atoms with E-state index in [1.54, 1.807) is 0 Å². The highest BCUT2D eigenvalue weighted by molar-refractivity contribution is 6.23. The lowest BCUT2D eigenvalue weighted by Crippen LogP contribution is -1.91. The summed E-state index contributed by atoms with van der Waals surface area (Å²) in [7, 11) is 0. The van der Waals surface area contributed by atoms with Crippen LogP contribution in [0.4, 0.5) is 0 Å². The van der Waals surface area contributed by atoms with Gasteiger partial charge >= 0.3 is 0 Å². The highest BCUT2D eigenvalue weighted by Crippen LogP contribution is 2.45. The van der Waals surface area contributed by atoms with E-state index in [-0.39, 0.29) is 0 Å². The maximum absolute atomic E-state index is 6.41. The third-order valence-electron chi connectivity index (χ3n) is 10.5. The summed E-state index contributed by atoms with van der Waals surface area (Å²) >= 11 is 0. The molecule has 0 fully saturated rings. The molecule has 2 nitrogen and oxygen atoms in total. The van der Waals surface area contributed by atoms with Crippen molar-refractivity contribution in [1.29, 1.82) is 0 Å². The predicted octanol–water partition coefficient (Wildman–Crippen LogP) is 13.9. The van der Waals surface area contributed by atoms with Crippen molar-refractivity contribution >= 4 is 76.2 Å². The van der Waals surface area contributed by atoms with Crippen molar-refractivity contribution in [2.45, 2.75) is 0 Å². The van der Waals surface area contributed by atoms with Crippen molar-refractivity contribution in [3.8, 4) is 33.4 Å². The molecule has 11 rings (SSSR count). The molecule has 0 unspecified atom stereocenters. The number of hydrogen-bond acceptors (Lipinski definition) is 2. The molecule has 0 aliphatic heterocycles. The van der Waals surface area contributed by atoms with Crippen LogP contribution in [0, 0.1) is 0 Å². The number of furan rings is 2. The van der Waals surface area contributed by atoms with Crippen molar-refractivity contribution in [3.05, 3.63) is 170 Å². The Morgan fingerprint density at radius 1 is 0.280 bits per heavy atom. The van der Waals surface area contributed by atoms with E-state index >= 15 is 0 Å². The van der Waals surface area contributed by atoms with E-state index in [1.165, 1.54) is 54.6 Å². The average Bonchev–Trinajstić information content (AvgIpc) is 3.75. The van der Waals surface area contributed by atoms with Gasteiger partial charge < -0.3 is 8.83 Å². The molecule has 2 heterocycles. The topological polar surface area (TPSA) is 26.3 Å². The Hall–Kier alpha value is -6.64. The van der Waals surface area contributed by atoms with E-state index in [9.17, 15) is 0 Å². The zero-order valence-corrected chi connectivity index (χ0v) is 27.0. The van der Waals surface area contributed by atoms with E-state index in [0.717, 1.165) is 55.0 Å². The largest absolute Gasteiger partial charge is 0.456 e. The first-order valence-corrected chi connectivity index (χ1v) is 17.1. The van der Waals surface area contributed by atoms with Gasteiger partial charge in [-0.3, -0.25) is 0 Å². The fourth-order valence-electron chi connectivity index (χ4n) is 8.15. The van der Waals surface area contributed by atoms with E-state index < -0.39 is 0 Å². The quantitative estimate of drug-likeness (QED) is 0.180. The van der Waals surface area contributed by atoms with Crippen LogP contribution in [0.15, 0.2) is 179 Å². The van der Waals surface area contributed by atoms with Crippen LogP contribution in [0.3, 0.4) is 0 Å². The Labute approximate surface area is 287 Å². The Kier molecular flexibility index (Phi) is 5.70. The zero-order valence-electron chi connectivity index (χ0n) is 27.0. The van der Waals surface area contributed by atoms with Gasteiger partial charge in [-0.25, -0.2) is 0 Å². The van der Waals surface area contributed by atoms with Gasteiger partial charge in [0.1, 0.15) is 22.3 Å². The first kappa shape index (κ1) is 27.3. The Morgan fingerprint density at radius 2 is 0.820 bits per heavy atom. The molecule has 0 amide bonds. The lowest BCUT2D eigenvalue weighted by molar-refractivity contribution is 0.663. The summed E-state index contributed by atoms with van der Waals surface area (Å²) in [5.74, 6) is 0. The average molecular weight is 637 g/mol. The third-order valence-corrected chi connectivity index (χ3v) is 10.5. The van der Waals surface area contributed by atoms with E-state index in [0.29, 0.717) is 0 Å².